The molecule has 9 heteroatoms. The molecule has 0 bridgehead atoms. The summed E-state index contributed by atoms with van der Waals surface area (Å²) >= 11 is 3.22. The molecule has 5 nitrogen and oxygen atoms in total. The van der Waals surface area contributed by atoms with Gasteiger partial charge >= 0.3 is 56.4 Å². The van der Waals surface area contributed by atoms with E-state index in [9.17, 15) is 0 Å². The summed E-state index contributed by atoms with van der Waals surface area (Å²) in [6, 6.07) is 5.78. The van der Waals surface area contributed by atoms with Gasteiger partial charge in [-0.1, -0.05) is 31.5 Å². The second-order valence-electron chi connectivity index (χ2n) is 4.13. The average Bonchev–Trinajstić information content (AvgIpc) is 3.31. The summed E-state index contributed by atoms with van der Waals surface area (Å²) in [5.74, 6) is 1.59. The van der Waals surface area contributed by atoms with Gasteiger partial charge in [0.1, 0.15) is 5.82 Å². The van der Waals surface area contributed by atoms with Crippen molar-refractivity contribution < 1.29 is 42.1 Å². The Morgan fingerprint density at radius 1 is 1.25 bits per heavy atom. The molecule has 0 aliphatic heterocycles. The molecule has 137 valence electrons. The van der Waals surface area contributed by atoms with Crippen LogP contribution in [-0.2, 0) is 44.6 Å². The van der Waals surface area contributed by atoms with Crippen LogP contribution in [-0.4, -0.2) is 19.1 Å². The Labute approximate surface area is 173 Å². The van der Waals surface area contributed by atoms with Crippen LogP contribution in [0.3, 0.4) is 0 Å². The molecule has 0 saturated carbocycles. The predicted molar refractivity (Wildman–Crippen MR) is 86.9 cm³/mol. The van der Waals surface area contributed by atoms with Crippen molar-refractivity contribution in [3.8, 4) is 11.6 Å². The normalized spacial score (nSPS) is 8.88. The van der Waals surface area contributed by atoms with Gasteiger partial charge in [-0.3, -0.25) is 4.98 Å². The Kier molecular flexibility index (Phi) is 14.5. The van der Waals surface area contributed by atoms with E-state index >= 15 is 0 Å². The summed E-state index contributed by atoms with van der Waals surface area (Å²) in [5.41, 5.74) is 0. The van der Waals surface area contributed by atoms with Crippen LogP contribution in [0, 0.1) is 19.6 Å². The molecule has 0 aliphatic carbocycles. The third-order valence-corrected chi connectivity index (χ3v) is 2.37. The summed E-state index contributed by atoms with van der Waals surface area (Å²) in [6.45, 7) is 5.50. The molecule has 3 heterocycles. The number of rotatable bonds is 2. The first-order valence-electron chi connectivity index (χ1n) is 6.63. The van der Waals surface area contributed by atoms with Crippen molar-refractivity contribution in [3.63, 3.8) is 0 Å². The first-order valence-corrected chi connectivity index (χ1v) is 12.3. The van der Waals surface area contributed by atoms with E-state index in [1.807, 2.05) is 59.9 Å². The van der Waals surface area contributed by atoms with Gasteiger partial charge in [0.25, 0.3) is 0 Å². The Bertz CT molecular complexity index is 659. The van der Waals surface area contributed by atoms with Crippen molar-refractivity contribution in [1.29, 1.82) is 0 Å². The molecule has 24 heavy (non-hydrogen) atoms. The van der Waals surface area contributed by atoms with Gasteiger partial charge in [0.15, 0.2) is 0 Å². The first kappa shape index (κ1) is 23.5. The second-order valence-corrected chi connectivity index (χ2v) is 4.13. The van der Waals surface area contributed by atoms with Crippen LogP contribution in [0.25, 0.3) is 11.6 Å². The molecule has 3 rings (SSSR count). The van der Waals surface area contributed by atoms with Crippen molar-refractivity contribution in [2.24, 2.45) is 7.05 Å². The number of imidazole rings is 2. The molecule has 0 unspecified atom stereocenters. The SMILES string of the molecule is C[n+]1[c-]n(-c2cccc(-n3[c-]ncc3)n2)cc1.[CH2-]CC.[Cl][Pt+].[Cl][Pt]. The summed E-state index contributed by atoms with van der Waals surface area (Å²) in [4.78, 5) is 8.39. The Morgan fingerprint density at radius 3 is 2.29 bits per heavy atom. The fourth-order valence-electron chi connectivity index (χ4n) is 1.57. The predicted octanol–water partition coefficient (Wildman–Crippen LogP) is 3.09. The molecule has 0 fully saturated rings. The summed E-state index contributed by atoms with van der Waals surface area (Å²) in [7, 11) is 11.1. The molecule has 0 saturated heterocycles. The van der Waals surface area contributed by atoms with Crippen molar-refractivity contribution in [3.05, 3.63) is 62.6 Å². The van der Waals surface area contributed by atoms with Crippen LogP contribution >= 0.6 is 18.8 Å². The van der Waals surface area contributed by atoms with Crippen LogP contribution in [0.5, 0.6) is 0 Å². The van der Waals surface area contributed by atoms with Gasteiger partial charge in [-0.15, -0.1) is 0 Å². The summed E-state index contributed by atoms with van der Waals surface area (Å²) < 4.78 is 5.42. The third kappa shape index (κ3) is 8.07. The Morgan fingerprint density at radius 2 is 1.83 bits per heavy atom. The van der Waals surface area contributed by atoms with Crippen molar-refractivity contribution in [1.82, 2.24) is 19.1 Å². The zero-order chi connectivity index (χ0) is 18.4. The Balaban J connectivity index is 0.000000667. The quantitative estimate of drug-likeness (QED) is 0.301. The maximum absolute atomic E-state index is 4.61. The number of aryl methyl sites for hydroxylation is 1. The number of hydrogen-bond donors (Lipinski definition) is 0. The van der Waals surface area contributed by atoms with E-state index in [4.69, 9.17) is 0 Å². The maximum atomic E-state index is 4.61. The van der Waals surface area contributed by atoms with Gasteiger partial charge in [0.2, 0.25) is 6.33 Å². The van der Waals surface area contributed by atoms with Crippen molar-refractivity contribution in [2.45, 2.75) is 13.3 Å². The van der Waals surface area contributed by atoms with Gasteiger partial charge in [0.05, 0.1) is 7.05 Å². The zero-order valence-corrected chi connectivity index (χ0v) is 19.1. The van der Waals surface area contributed by atoms with E-state index in [0.29, 0.717) is 0 Å². The molecule has 3 aromatic heterocycles. The first-order chi connectivity index (χ1) is 11.7. The van der Waals surface area contributed by atoms with Crippen LogP contribution in [0.1, 0.15) is 13.3 Å². The van der Waals surface area contributed by atoms with Crippen LogP contribution in [0.4, 0.5) is 0 Å². The molecule has 0 aliphatic rings. The fraction of sp³-hybridized carbons (Fsp3) is 0.200. The topological polar surface area (TPSA) is 39.5 Å². The second kappa shape index (κ2) is 14.8. The summed E-state index contributed by atoms with van der Waals surface area (Å²) in [5, 5.41) is 0. The molecular weight excluding hydrogens is 711 g/mol. The molecule has 0 atom stereocenters. The minimum absolute atomic E-state index is 0.782. The molecule has 0 amide bonds. The molecule has 0 N–H and O–H groups in total. The van der Waals surface area contributed by atoms with Crippen LogP contribution in [0.15, 0.2) is 43.0 Å². The monoisotopic (exact) mass is 727 g/mol. The van der Waals surface area contributed by atoms with Gasteiger partial charge in [-0.05, 0) is 6.07 Å². The van der Waals surface area contributed by atoms with Crippen LogP contribution < -0.4 is 4.57 Å². The van der Waals surface area contributed by atoms with E-state index in [1.54, 1.807) is 48.3 Å². The van der Waals surface area contributed by atoms with Crippen molar-refractivity contribution in [2.75, 3.05) is 0 Å². The standard InChI is InChI=1S/C12H10N5.C3H7.2ClH.2Pt/c1-15-7-8-17(10-15)12-4-2-3-11(14-12)16-6-5-13-9-16;1-3-2;;;;/h2-8H,1H3;1,3H2,2H3;2*1H;;/q2*-1;;;+1;+2/p-2. The number of halogens is 2. The molecule has 0 aromatic carbocycles. The van der Waals surface area contributed by atoms with Gasteiger partial charge in [-0.2, -0.15) is 6.42 Å². The average molecular weight is 728 g/mol. The number of hydrogen-bond acceptors (Lipinski definition) is 2. The van der Waals surface area contributed by atoms with E-state index in [-0.39, 0.29) is 0 Å². The van der Waals surface area contributed by atoms with E-state index in [0.717, 1.165) is 18.1 Å². The number of pyridine rings is 1. The zero-order valence-electron chi connectivity index (χ0n) is 13.1. The molecule has 0 spiro atoms. The Hall–Kier alpha value is -0.473. The van der Waals surface area contributed by atoms with Crippen molar-refractivity contribution >= 4 is 18.8 Å². The fourth-order valence-corrected chi connectivity index (χ4v) is 1.57. The van der Waals surface area contributed by atoms with E-state index < -0.39 is 0 Å². The minimum atomic E-state index is 0.782. The van der Waals surface area contributed by atoms with Gasteiger partial charge in [0, 0.05) is 24.5 Å². The van der Waals surface area contributed by atoms with E-state index in [2.05, 4.69) is 48.4 Å². The molecule has 0 radical (unpaired) electrons. The molecular formula is C15H17Cl2N5Pt2-. The van der Waals surface area contributed by atoms with Crippen LogP contribution in [0.2, 0.25) is 0 Å². The summed E-state index contributed by atoms with van der Waals surface area (Å²) in [6.07, 6.45) is 14.2. The van der Waals surface area contributed by atoms with E-state index in [1.165, 1.54) is 0 Å². The van der Waals surface area contributed by atoms with Gasteiger partial charge in [-0.25, -0.2) is 0 Å². The molecule has 3 aromatic rings. The number of nitrogens with zero attached hydrogens (tertiary/aromatic N) is 5. The van der Waals surface area contributed by atoms with Gasteiger partial charge < -0.3 is 25.6 Å². The third-order valence-electron chi connectivity index (χ3n) is 2.37. The number of aromatic nitrogens is 5.